The zero-order valence-electron chi connectivity index (χ0n) is 21.0. The van der Waals surface area contributed by atoms with E-state index >= 15 is 0 Å². The minimum absolute atomic E-state index is 0.0379. The molecule has 0 spiro atoms. The largest absolute Gasteiger partial charge is 0.337 e. The summed E-state index contributed by atoms with van der Waals surface area (Å²) in [5.41, 5.74) is 5.58. The van der Waals surface area contributed by atoms with Crippen LogP contribution in [0.25, 0.3) is 10.9 Å². The Kier molecular flexibility index (Phi) is 8.45. The highest BCUT2D eigenvalue weighted by Crippen LogP contribution is 2.24. The van der Waals surface area contributed by atoms with E-state index in [1.165, 1.54) is 11.1 Å². The second-order valence-corrected chi connectivity index (χ2v) is 9.30. The lowest BCUT2D eigenvalue weighted by molar-refractivity contribution is 0.251. The van der Waals surface area contributed by atoms with Gasteiger partial charge in [0, 0.05) is 35.2 Å². The summed E-state index contributed by atoms with van der Waals surface area (Å²) in [4.78, 5) is 17.4. The molecular formula is C31H34N4O. The van der Waals surface area contributed by atoms with Gasteiger partial charge in [-0.05, 0) is 49.4 Å². The summed E-state index contributed by atoms with van der Waals surface area (Å²) in [5.74, 6) is 0.0282. The van der Waals surface area contributed by atoms with E-state index < -0.39 is 0 Å². The van der Waals surface area contributed by atoms with E-state index in [2.05, 4.69) is 46.8 Å². The van der Waals surface area contributed by atoms with Crippen LogP contribution < -0.4 is 10.6 Å². The Balaban J connectivity index is 1.44. The molecule has 1 atom stereocenters. The van der Waals surface area contributed by atoms with Crippen LogP contribution >= 0.6 is 0 Å². The van der Waals surface area contributed by atoms with Crippen LogP contribution in [0, 0.1) is 24.2 Å². The molecule has 5 nitrogen and oxygen atoms in total. The van der Waals surface area contributed by atoms with Crippen LogP contribution in [0.3, 0.4) is 0 Å². The predicted octanol–water partition coefficient (Wildman–Crippen LogP) is 6.81. The molecule has 0 bridgehead atoms. The van der Waals surface area contributed by atoms with Crippen molar-refractivity contribution in [2.24, 2.45) is 11.8 Å². The highest BCUT2D eigenvalue weighted by molar-refractivity contribution is 6.00. The predicted molar refractivity (Wildman–Crippen MR) is 149 cm³/mol. The lowest BCUT2D eigenvalue weighted by atomic mass is 9.82. The normalized spacial score (nSPS) is 11.9. The summed E-state index contributed by atoms with van der Waals surface area (Å²) in [6.07, 6.45) is 2.40. The number of aromatic nitrogens is 1. The number of anilines is 1. The second-order valence-electron chi connectivity index (χ2n) is 9.30. The van der Waals surface area contributed by atoms with Crippen LogP contribution in [0.5, 0.6) is 0 Å². The molecule has 5 heteroatoms. The quantitative estimate of drug-likeness (QED) is 0.219. The lowest BCUT2D eigenvalue weighted by Gasteiger charge is -2.25. The molecule has 1 heterocycles. The molecule has 0 fully saturated rings. The Bertz CT molecular complexity index is 1260. The van der Waals surface area contributed by atoms with E-state index in [1.807, 2.05) is 73.7 Å². The van der Waals surface area contributed by atoms with Gasteiger partial charge in [-0.25, -0.2) is 4.79 Å². The summed E-state index contributed by atoms with van der Waals surface area (Å²) >= 11 is 0. The molecule has 0 unspecified atom stereocenters. The van der Waals surface area contributed by atoms with Crippen LogP contribution in [-0.2, 0) is 12.8 Å². The molecule has 2 amide bonds. The van der Waals surface area contributed by atoms with Gasteiger partial charge in [0.2, 0.25) is 0 Å². The van der Waals surface area contributed by atoms with Crippen LogP contribution in [0.15, 0.2) is 91.0 Å². The molecular weight excluding hydrogens is 444 g/mol. The summed E-state index contributed by atoms with van der Waals surface area (Å²) in [5, 5.41) is 16.0. The van der Waals surface area contributed by atoms with Gasteiger partial charge in [-0.3, -0.25) is 4.98 Å². The number of fused-ring (bicyclic) bond motifs is 1. The zero-order valence-corrected chi connectivity index (χ0v) is 21.0. The van der Waals surface area contributed by atoms with E-state index in [1.54, 1.807) is 0 Å². The number of hydrogen-bond acceptors (Lipinski definition) is 3. The standard InChI is InChI=1S/C31H34N4O/c1-3-25(21-33-31(36)35-29-18-22(2)34-28-17-11-10-16-27(28)29)30(32)26(19-23-12-6-4-7-13-23)20-24-14-8-5-9-15-24/h4-18,25-26,32H,3,19-21H2,1-2H3,(H2,33,34,35,36)/t25-/m0/s1. The fourth-order valence-electron chi connectivity index (χ4n) is 4.69. The maximum Gasteiger partial charge on any atom is 0.319 e. The molecule has 4 aromatic rings. The number of carbonyl (C=O) groups excluding carboxylic acids is 1. The average molecular weight is 479 g/mol. The number of aryl methyl sites for hydroxylation is 1. The third-order valence-corrected chi connectivity index (χ3v) is 6.62. The highest BCUT2D eigenvalue weighted by Gasteiger charge is 2.23. The van der Waals surface area contributed by atoms with Crippen molar-refractivity contribution in [2.45, 2.75) is 33.1 Å². The number of nitrogens with one attached hydrogen (secondary N) is 3. The minimum Gasteiger partial charge on any atom is -0.337 e. The maximum atomic E-state index is 12.8. The fraction of sp³-hybridized carbons (Fsp3) is 0.258. The number of carbonyl (C=O) groups is 1. The smallest absolute Gasteiger partial charge is 0.319 e. The first kappa shape index (κ1) is 25.1. The van der Waals surface area contributed by atoms with Gasteiger partial charge in [0.15, 0.2) is 0 Å². The van der Waals surface area contributed by atoms with Gasteiger partial charge >= 0.3 is 6.03 Å². The summed E-state index contributed by atoms with van der Waals surface area (Å²) < 4.78 is 0. The first-order valence-electron chi connectivity index (χ1n) is 12.6. The molecule has 36 heavy (non-hydrogen) atoms. The van der Waals surface area contributed by atoms with Crippen LogP contribution in [0.1, 0.15) is 30.2 Å². The maximum absolute atomic E-state index is 12.8. The molecule has 4 rings (SSSR count). The van der Waals surface area contributed by atoms with Crippen molar-refractivity contribution in [2.75, 3.05) is 11.9 Å². The Labute approximate surface area is 213 Å². The van der Waals surface area contributed by atoms with Crippen molar-refractivity contribution in [1.29, 1.82) is 5.41 Å². The summed E-state index contributed by atoms with van der Waals surface area (Å²) in [7, 11) is 0. The number of urea groups is 1. The van der Waals surface area contributed by atoms with E-state index in [-0.39, 0.29) is 17.9 Å². The van der Waals surface area contributed by atoms with Gasteiger partial charge in [0.05, 0.1) is 11.2 Å². The second kappa shape index (κ2) is 12.1. The number of nitrogens with zero attached hydrogens (tertiary/aromatic N) is 1. The van der Waals surface area contributed by atoms with Crippen molar-refractivity contribution in [3.8, 4) is 0 Å². The van der Waals surface area contributed by atoms with Crippen molar-refractivity contribution in [3.05, 3.63) is 108 Å². The molecule has 3 aromatic carbocycles. The third kappa shape index (κ3) is 6.57. The van der Waals surface area contributed by atoms with Crippen LogP contribution in [-0.4, -0.2) is 23.3 Å². The highest BCUT2D eigenvalue weighted by atomic mass is 16.2. The minimum atomic E-state index is -0.264. The van der Waals surface area contributed by atoms with Crippen molar-refractivity contribution in [1.82, 2.24) is 10.3 Å². The van der Waals surface area contributed by atoms with Gasteiger partial charge < -0.3 is 16.0 Å². The molecule has 1 aromatic heterocycles. The van der Waals surface area contributed by atoms with Crippen LogP contribution in [0.4, 0.5) is 10.5 Å². The molecule has 0 saturated carbocycles. The Morgan fingerprint density at radius 3 is 2.06 bits per heavy atom. The van der Waals surface area contributed by atoms with Gasteiger partial charge in [-0.1, -0.05) is 85.8 Å². The van der Waals surface area contributed by atoms with E-state index in [0.29, 0.717) is 12.3 Å². The summed E-state index contributed by atoms with van der Waals surface area (Å²) in [6.45, 7) is 4.42. The number of pyridine rings is 1. The lowest BCUT2D eigenvalue weighted by Crippen LogP contribution is -2.38. The SMILES string of the molecule is CC[C@@H](CNC(=O)Nc1cc(C)nc2ccccc12)C(=N)C(Cc1ccccc1)Cc1ccccc1. The van der Waals surface area contributed by atoms with Crippen molar-refractivity contribution < 1.29 is 4.79 Å². The number of para-hydroxylation sites is 1. The molecule has 0 aliphatic rings. The average Bonchev–Trinajstić information content (AvgIpc) is 2.89. The molecule has 3 N–H and O–H groups in total. The fourth-order valence-corrected chi connectivity index (χ4v) is 4.69. The summed E-state index contributed by atoms with van der Waals surface area (Å²) in [6, 6.07) is 30.1. The zero-order chi connectivity index (χ0) is 25.3. The Morgan fingerprint density at radius 2 is 1.44 bits per heavy atom. The molecule has 0 radical (unpaired) electrons. The van der Waals surface area contributed by atoms with Gasteiger partial charge in [-0.15, -0.1) is 0 Å². The monoisotopic (exact) mass is 478 g/mol. The number of benzene rings is 3. The number of rotatable bonds is 10. The Morgan fingerprint density at radius 1 is 0.861 bits per heavy atom. The van der Waals surface area contributed by atoms with E-state index in [0.717, 1.165) is 41.5 Å². The van der Waals surface area contributed by atoms with Crippen molar-refractivity contribution >= 4 is 28.3 Å². The number of hydrogen-bond donors (Lipinski definition) is 3. The Hall–Kier alpha value is -3.99. The first-order valence-corrected chi connectivity index (χ1v) is 12.6. The number of amides is 2. The molecule has 184 valence electrons. The molecule has 0 aliphatic heterocycles. The third-order valence-electron chi connectivity index (χ3n) is 6.62. The van der Waals surface area contributed by atoms with Gasteiger partial charge in [-0.2, -0.15) is 0 Å². The van der Waals surface area contributed by atoms with Crippen molar-refractivity contribution in [3.63, 3.8) is 0 Å². The van der Waals surface area contributed by atoms with Gasteiger partial charge in [0.1, 0.15) is 0 Å². The topological polar surface area (TPSA) is 77.9 Å². The van der Waals surface area contributed by atoms with Crippen LogP contribution in [0.2, 0.25) is 0 Å². The molecule has 0 saturated heterocycles. The van der Waals surface area contributed by atoms with E-state index in [9.17, 15) is 4.79 Å². The van der Waals surface area contributed by atoms with E-state index in [4.69, 9.17) is 5.41 Å². The molecule has 0 aliphatic carbocycles. The van der Waals surface area contributed by atoms with Gasteiger partial charge in [0.25, 0.3) is 0 Å². The first-order chi connectivity index (χ1) is 17.5.